The highest BCUT2D eigenvalue weighted by Crippen LogP contribution is 2.38. The molecule has 2 heterocycles. The van der Waals surface area contributed by atoms with Crippen LogP contribution >= 0.6 is 0 Å². The first-order chi connectivity index (χ1) is 16.0. The highest BCUT2D eigenvalue weighted by Gasteiger charge is 2.30. The second-order valence-corrected chi connectivity index (χ2v) is 10.5. The van der Waals surface area contributed by atoms with Gasteiger partial charge in [0.1, 0.15) is 11.6 Å². The maximum atomic E-state index is 12.8. The zero-order chi connectivity index (χ0) is 24.6. The van der Waals surface area contributed by atoms with Gasteiger partial charge in [-0.3, -0.25) is 4.79 Å². The third kappa shape index (κ3) is 4.74. The molecule has 0 saturated heterocycles. The van der Waals surface area contributed by atoms with Gasteiger partial charge in [0.15, 0.2) is 5.65 Å². The fourth-order valence-electron chi connectivity index (χ4n) is 4.64. The van der Waals surface area contributed by atoms with Gasteiger partial charge in [0.2, 0.25) is 0 Å². The van der Waals surface area contributed by atoms with Crippen molar-refractivity contribution in [3.63, 3.8) is 0 Å². The highest BCUT2D eigenvalue weighted by atomic mass is 16.1. The zero-order valence-corrected chi connectivity index (χ0v) is 21.3. The fourth-order valence-corrected chi connectivity index (χ4v) is 4.64. The Hall–Kier alpha value is -3.47. The Labute approximate surface area is 202 Å². The first-order valence-electron chi connectivity index (χ1n) is 11.8. The number of rotatable bonds is 6. The van der Waals surface area contributed by atoms with Gasteiger partial charge in [-0.05, 0) is 42.9 Å². The Kier molecular flexibility index (Phi) is 6.30. The van der Waals surface area contributed by atoms with Gasteiger partial charge in [-0.25, -0.2) is 4.98 Å². The lowest BCUT2D eigenvalue weighted by molar-refractivity contribution is -0.119. The van der Waals surface area contributed by atoms with Crippen LogP contribution < -0.4 is 4.90 Å². The van der Waals surface area contributed by atoms with E-state index in [1.165, 1.54) is 5.56 Å². The van der Waals surface area contributed by atoms with E-state index in [0.717, 1.165) is 46.0 Å². The van der Waals surface area contributed by atoms with Gasteiger partial charge >= 0.3 is 0 Å². The summed E-state index contributed by atoms with van der Waals surface area (Å²) < 4.78 is 1.89. The lowest BCUT2D eigenvalue weighted by atomic mass is 9.79. The van der Waals surface area contributed by atoms with Crippen molar-refractivity contribution in [2.24, 2.45) is 5.41 Å². The van der Waals surface area contributed by atoms with Crippen molar-refractivity contribution >= 4 is 17.2 Å². The number of hydrogen-bond acceptors (Lipinski definition) is 4. The van der Waals surface area contributed by atoms with E-state index >= 15 is 0 Å². The predicted molar refractivity (Wildman–Crippen MR) is 140 cm³/mol. The quantitative estimate of drug-likeness (QED) is 0.332. The first kappa shape index (κ1) is 23.7. The van der Waals surface area contributed by atoms with E-state index in [1.54, 1.807) is 6.92 Å². The summed E-state index contributed by atoms with van der Waals surface area (Å²) in [7, 11) is 4.01. The third-order valence-corrected chi connectivity index (χ3v) is 6.15. The molecule has 0 aliphatic carbocycles. The molecule has 0 fully saturated rings. The number of fused-ring (bicyclic) bond motifs is 1. The van der Waals surface area contributed by atoms with E-state index in [4.69, 9.17) is 10.1 Å². The molecule has 0 aliphatic heterocycles. The van der Waals surface area contributed by atoms with Crippen molar-refractivity contribution in [2.45, 2.75) is 47.0 Å². The van der Waals surface area contributed by atoms with Gasteiger partial charge in [0.25, 0.3) is 0 Å². The monoisotopic (exact) mass is 454 g/mol. The van der Waals surface area contributed by atoms with Crippen LogP contribution in [-0.4, -0.2) is 34.5 Å². The van der Waals surface area contributed by atoms with Gasteiger partial charge < -0.3 is 4.90 Å². The molecule has 1 atom stereocenters. The molecule has 0 spiro atoms. The largest absolute Gasteiger partial charge is 0.362 e. The highest BCUT2D eigenvalue weighted by molar-refractivity contribution is 5.86. The second-order valence-electron chi connectivity index (χ2n) is 10.5. The number of Topliss-reactive ketones (excluding diaryl/α,β-unsaturated/α-hetero) is 1. The molecule has 4 rings (SSSR count). The van der Waals surface area contributed by atoms with Crippen LogP contribution in [0.5, 0.6) is 0 Å². The van der Waals surface area contributed by atoms with Crippen LogP contribution in [0.2, 0.25) is 0 Å². The smallest absolute Gasteiger partial charge is 0.158 e. The number of carbonyl (C=O) groups is 1. The Bertz CT molecular complexity index is 1330. The molecular formula is C29H34N4O. The molecule has 0 amide bonds. The average Bonchev–Trinajstić information content (AvgIpc) is 3.20. The van der Waals surface area contributed by atoms with Crippen LogP contribution in [0, 0.1) is 12.3 Å². The fraction of sp³-hybridized carbons (Fsp3) is 0.345. The van der Waals surface area contributed by atoms with Gasteiger partial charge in [-0.2, -0.15) is 9.61 Å². The Morgan fingerprint density at radius 2 is 1.62 bits per heavy atom. The maximum Gasteiger partial charge on any atom is 0.158 e. The van der Waals surface area contributed by atoms with Crippen LogP contribution in [0.1, 0.15) is 51.3 Å². The summed E-state index contributed by atoms with van der Waals surface area (Å²) in [5, 5.41) is 4.98. The standard InChI is InChI=1S/C29H34N4O/c1-19-27(24(20(2)34)18-29(3,4)5)28(32(6)7)33-26(30-19)17-25(31-33)23-15-11-14-22(16-23)21-12-9-8-10-13-21/h8-17,24H,18H2,1-7H3/t24-/m1/s1. The number of benzene rings is 2. The number of hydrogen-bond donors (Lipinski definition) is 0. The topological polar surface area (TPSA) is 50.5 Å². The summed E-state index contributed by atoms with van der Waals surface area (Å²) in [6.45, 7) is 10.2. The minimum atomic E-state index is -0.233. The van der Waals surface area contributed by atoms with E-state index in [9.17, 15) is 4.79 Å². The van der Waals surface area contributed by atoms with E-state index in [0.29, 0.717) is 0 Å². The van der Waals surface area contributed by atoms with Gasteiger partial charge in [-0.15, -0.1) is 0 Å². The molecule has 4 aromatic rings. The molecule has 5 nitrogen and oxygen atoms in total. The van der Waals surface area contributed by atoms with E-state index in [1.807, 2.05) is 54.7 Å². The van der Waals surface area contributed by atoms with Crippen LogP contribution in [0.3, 0.4) is 0 Å². The van der Waals surface area contributed by atoms with E-state index in [2.05, 4.69) is 57.2 Å². The van der Waals surface area contributed by atoms with Crippen molar-refractivity contribution in [1.29, 1.82) is 0 Å². The number of carbonyl (C=O) groups excluding carboxylic acids is 1. The zero-order valence-electron chi connectivity index (χ0n) is 21.3. The Morgan fingerprint density at radius 1 is 0.971 bits per heavy atom. The molecule has 0 N–H and O–H groups in total. The molecule has 0 radical (unpaired) electrons. The molecule has 0 unspecified atom stereocenters. The summed E-state index contributed by atoms with van der Waals surface area (Å²) in [4.78, 5) is 19.8. The molecular weight excluding hydrogens is 420 g/mol. The number of aromatic nitrogens is 3. The third-order valence-electron chi connectivity index (χ3n) is 6.15. The van der Waals surface area contributed by atoms with Crippen molar-refractivity contribution in [2.75, 3.05) is 19.0 Å². The van der Waals surface area contributed by atoms with Crippen LogP contribution in [-0.2, 0) is 4.79 Å². The molecule has 34 heavy (non-hydrogen) atoms. The van der Waals surface area contributed by atoms with Crippen molar-refractivity contribution in [3.05, 3.63) is 71.9 Å². The van der Waals surface area contributed by atoms with E-state index in [-0.39, 0.29) is 17.1 Å². The van der Waals surface area contributed by atoms with Crippen molar-refractivity contribution in [1.82, 2.24) is 14.6 Å². The van der Waals surface area contributed by atoms with Gasteiger partial charge in [-0.1, -0.05) is 69.3 Å². The number of anilines is 1. The first-order valence-corrected chi connectivity index (χ1v) is 11.8. The average molecular weight is 455 g/mol. The lowest BCUT2D eigenvalue weighted by Crippen LogP contribution is -2.25. The van der Waals surface area contributed by atoms with Gasteiger partial charge in [0.05, 0.1) is 5.69 Å². The summed E-state index contributed by atoms with van der Waals surface area (Å²) in [5.41, 5.74) is 6.85. The molecule has 0 bridgehead atoms. The molecule has 176 valence electrons. The van der Waals surface area contributed by atoms with Crippen LogP contribution in [0.4, 0.5) is 5.82 Å². The summed E-state index contributed by atoms with van der Waals surface area (Å²) in [6, 6.07) is 20.8. The van der Waals surface area contributed by atoms with Crippen molar-refractivity contribution < 1.29 is 4.79 Å². The lowest BCUT2D eigenvalue weighted by Gasteiger charge is -2.29. The number of ketones is 1. The summed E-state index contributed by atoms with van der Waals surface area (Å²) >= 11 is 0. The Balaban J connectivity index is 1.88. The molecule has 2 aromatic heterocycles. The van der Waals surface area contributed by atoms with E-state index < -0.39 is 0 Å². The molecule has 0 aliphatic rings. The van der Waals surface area contributed by atoms with Crippen LogP contribution in [0.15, 0.2) is 60.7 Å². The molecule has 5 heteroatoms. The summed E-state index contributed by atoms with van der Waals surface area (Å²) in [5.74, 6) is 0.839. The summed E-state index contributed by atoms with van der Waals surface area (Å²) in [6.07, 6.45) is 0.754. The molecule has 2 aromatic carbocycles. The van der Waals surface area contributed by atoms with Crippen LogP contribution in [0.25, 0.3) is 28.0 Å². The minimum absolute atomic E-state index is 0.00840. The number of aryl methyl sites for hydroxylation is 1. The van der Waals surface area contributed by atoms with Crippen molar-refractivity contribution in [3.8, 4) is 22.4 Å². The Morgan fingerprint density at radius 3 is 2.24 bits per heavy atom. The minimum Gasteiger partial charge on any atom is -0.362 e. The number of nitrogens with zero attached hydrogens (tertiary/aromatic N) is 4. The SMILES string of the molecule is CC(=O)[C@@H](CC(C)(C)C)c1c(C)nc2cc(-c3cccc(-c4ccccc4)c3)nn2c1N(C)C. The predicted octanol–water partition coefficient (Wildman–Crippen LogP) is 6.55. The normalized spacial score (nSPS) is 12.7. The van der Waals surface area contributed by atoms with Gasteiger partial charge in [0, 0.05) is 42.9 Å². The second kappa shape index (κ2) is 9.05. The molecule has 0 saturated carbocycles. The maximum absolute atomic E-state index is 12.8.